The Morgan fingerprint density at radius 3 is 2.57 bits per heavy atom. The Labute approximate surface area is 120 Å². The van der Waals surface area contributed by atoms with Gasteiger partial charge in [-0.05, 0) is 29.5 Å². The molecule has 110 valence electrons. The number of esters is 1. The van der Waals surface area contributed by atoms with E-state index in [0.717, 1.165) is 7.11 Å². The van der Waals surface area contributed by atoms with E-state index in [0.29, 0.717) is 5.69 Å². The number of hydrogen-bond acceptors (Lipinski definition) is 6. The number of tetrazole rings is 1. The molecule has 0 bridgehead atoms. The van der Waals surface area contributed by atoms with Crippen LogP contribution >= 0.6 is 0 Å². The molecule has 1 heterocycles. The Balaban J connectivity index is 2.38. The number of para-hydroxylation sites is 1. The number of nitrogens with zero attached hydrogens (tertiary/aromatic N) is 4. The number of benzene rings is 1. The van der Waals surface area contributed by atoms with Gasteiger partial charge in [0.25, 0.3) is 0 Å². The van der Waals surface area contributed by atoms with E-state index in [4.69, 9.17) is 0 Å². The van der Waals surface area contributed by atoms with Crippen molar-refractivity contribution in [3.63, 3.8) is 0 Å². The lowest BCUT2D eigenvalue weighted by Gasteiger charge is -2.20. The molecule has 0 aliphatic carbocycles. The number of carbonyl (C=O) groups excluding carboxylic acids is 1. The van der Waals surface area contributed by atoms with E-state index in [1.807, 2.05) is 6.07 Å². The highest BCUT2D eigenvalue weighted by Crippen LogP contribution is 2.24. The summed E-state index contributed by atoms with van der Waals surface area (Å²) in [5.74, 6) is -1.88. The zero-order chi connectivity index (χ0) is 15.5. The van der Waals surface area contributed by atoms with E-state index in [1.165, 1.54) is 11.6 Å². The average Bonchev–Trinajstić information content (AvgIpc) is 2.94. The van der Waals surface area contributed by atoms with E-state index in [9.17, 15) is 14.7 Å². The number of methoxy groups -OCH3 is 1. The van der Waals surface area contributed by atoms with Crippen molar-refractivity contribution in [2.45, 2.75) is 13.3 Å². The normalized spacial score (nSPS) is 13.4. The molecule has 0 aliphatic heterocycles. The topological polar surface area (TPSA) is 107 Å². The molecule has 0 saturated carbocycles. The van der Waals surface area contributed by atoms with Gasteiger partial charge in [-0.2, -0.15) is 4.68 Å². The number of hydrogen-bond donors (Lipinski definition) is 1. The third-order valence-electron chi connectivity index (χ3n) is 3.15. The molecule has 0 radical (unpaired) electrons. The standard InChI is InChI=1S/C13H14N4O4/c1-13(11(18)19,12(20)21-2)8-10-14-15-16-17(10)9-6-4-3-5-7-9/h3-7H,8H2,1-2H3,(H,18,19). The molecule has 0 spiro atoms. The molecule has 8 heteroatoms. The Hall–Kier alpha value is -2.77. The molecule has 0 aliphatic rings. The molecular formula is C13H14N4O4. The zero-order valence-electron chi connectivity index (χ0n) is 11.6. The number of carboxylic acids is 1. The lowest BCUT2D eigenvalue weighted by atomic mass is 9.86. The summed E-state index contributed by atoms with van der Waals surface area (Å²) >= 11 is 0. The second kappa shape index (κ2) is 5.70. The summed E-state index contributed by atoms with van der Waals surface area (Å²) in [6, 6.07) is 8.99. The molecule has 0 saturated heterocycles. The van der Waals surface area contributed by atoms with Crippen molar-refractivity contribution < 1.29 is 19.4 Å². The molecule has 1 unspecified atom stereocenters. The van der Waals surface area contributed by atoms with Crippen LogP contribution in [0.5, 0.6) is 0 Å². The molecule has 0 amide bonds. The Morgan fingerprint density at radius 2 is 2.00 bits per heavy atom. The van der Waals surface area contributed by atoms with Gasteiger partial charge in [-0.1, -0.05) is 18.2 Å². The maximum Gasteiger partial charge on any atom is 0.323 e. The summed E-state index contributed by atoms with van der Waals surface area (Å²) in [7, 11) is 1.14. The Morgan fingerprint density at radius 1 is 1.33 bits per heavy atom. The monoisotopic (exact) mass is 290 g/mol. The van der Waals surface area contributed by atoms with Crippen LogP contribution in [0.15, 0.2) is 30.3 Å². The molecule has 1 aromatic heterocycles. The summed E-state index contributed by atoms with van der Waals surface area (Å²) in [5, 5.41) is 20.5. The fourth-order valence-electron chi connectivity index (χ4n) is 1.86. The minimum absolute atomic E-state index is 0.184. The second-order valence-corrected chi connectivity index (χ2v) is 4.65. The summed E-state index contributed by atoms with van der Waals surface area (Å²) in [6.07, 6.45) is -0.184. The van der Waals surface area contributed by atoms with Gasteiger partial charge >= 0.3 is 11.9 Å². The van der Waals surface area contributed by atoms with Gasteiger partial charge in [-0.25, -0.2) is 0 Å². The molecule has 2 aromatic rings. The van der Waals surface area contributed by atoms with Crippen molar-refractivity contribution in [1.29, 1.82) is 0 Å². The van der Waals surface area contributed by atoms with Gasteiger partial charge in [-0.3, -0.25) is 9.59 Å². The van der Waals surface area contributed by atoms with Crippen LogP contribution in [0, 0.1) is 5.41 Å². The first-order chi connectivity index (χ1) is 9.99. The van der Waals surface area contributed by atoms with Crippen molar-refractivity contribution >= 4 is 11.9 Å². The van der Waals surface area contributed by atoms with Gasteiger partial charge in [0.15, 0.2) is 11.2 Å². The highest BCUT2D eigenvalue weighted by Gasteiger charge is 2.44. The van der Waals surface area contributed by atoms with Crippen LogP contribution in [0.2, 0.25) is 0 Å². The highest BCUT2D eigenvalue weighted by atomic mass is 16.5. The van der Waals surface area contributed by atoms with Crippen LogP contribution in [0.1, 0.15) is 12.7 Å². The largest absolute Gasteiger partial charge is 0.480 e. The molecule has 8 nitrogen and oxygen atoms in total. The van der Waals surface area contributed by atoms with Gasteiger partial charge in [0.1, 0.15) is 0 Å². The predicted octanol–water partition coefficient (Wildman–Crippen LogP) is 0.469. The Kier molecular flexibility index (Phi) is 3.97. The van der Waals surface area contributed by atoms with Crippen LogP contribution in [0.25, 0.3) is 5.69 Å². The number of ether oxygens (including phenoxy) is 1. The fourth-order valence-corrected chi connectivity index (χ4v) is 1.86. The third kappa shape index (κ3) is 2.73. The van der Waals surface area contributed by atoms with E-state index in [2.05, 4.69) is 20.3 Å². The second-order valence-electron chi connectivity index (χ2n) is 4.65. The van der Waals surface area contributed by atoms with Gasteiger partial charge in [0.05, 0.1) is 12.8 Å². The number of aromatic nitrogens is 4. The average molecular weight is 290 g/mol. The van der Waals surface area contributed by atoms with Gasteiger partial charge in [0, 0.05) is 6.42 Å². The minimum Gasteiger partial charge on any atom is -0.480 e. The predicted molar refractivity (Wildman–Crippen MR) is 70.6 cm³/mol. The first-order valence-electron chi connectivity index (χ1n) is 6.13. The first kappa shape index (κ1) is 14.6. The minimum atomic E-state index is -1.75. The molecule has 21 heavy (non-hydrogen) atoms. The quantitative estimate of drug-likeness (QED) is 0.630. The van der Waals surface area contributed by atoms with E-state index < -0.39 is 17.4 Å². The van der Waals surface area contributed by atoms with Gasteiger partial charge in [-0.15, -0.1) is 5.10 Å². The van der Waals surface area contributed by atoms with Crippen molar-refractivity contribution in [1.82, 2.24) is 20.2 Å². The number of carbonyl (C=O) groups is 2. The zero-order valence-corrected chi connectivity index (χ0v) is 11.6. The van der Waals surface area contributed by atoms with Crippen LogP contribution < -0.4 is 0 Å². The van der Waals surface area contributed by atoms with Crippen molar-refractivity contribution in [2.24, 2.45) is 5.41 Å². The van der Waals surface area contributed by atoms with Crippen LogP contribution in [-0.4, -0.2) is 44.4 Å². The summed E-state index contributed by atoms with van der Waals surface area (Å²) < 4.78 is 5.97. The molecule has 1 aromatic carbocycles. The van der Waals surface area contributed by atoms with E-state index in [1.54, 1.807) is 24.3 Å². The van der Waals surface area contributed by atoms with E-state index in [-0.39, 0.29) is 12.2 Å². The van der Waals surface area contributed by atoms with Crippen molar-refractivity contribution in [3.05, 3.63) is 36.2 Å². The molecule has 1 atom stereocenters. The molecule has 2 rings (SSSR count). The van der Waals surface area contributed by atoms with Crippen LogP contribution in [0.3, 0.4) is 0 Å². The molecule has 0 fully saturated rings. The third-order valence-corrected chi connectivity index (χ3v) is 3.15. The highest BCUT2D eigenvalue weighted by molar-refractivity contribution is 5.98. The smallest absolute Gasteiger partial charge is 0.323 e. The van der Waals surface area contributed by atoms with Gasteiger partial charge in [0.2, 0.25) is 0 Å². The number of carboxylic acid groups (broad SMARTS) is 1. The summed E-state index contributed by atoms with van der Waals surface area (Å²) in [4.78, 5) is 23.2. The van der Waals surface area contributed by atoms with Crippen LogP contribution in [-0.2, 0) is 20.7 Å². The number of aliphatic carboxylic acids is 1. The SMILES string of the molecule is COC(=O)C(C)(Cc1nnnn1-c1ccccc1)C(=O)O. The maximum atomic E-state index is 11.8. The maximum absolute atomic E-state index is 11.8. The molecule has 1 N–H and O–H groups in total. The summed E-state index contributed by atoms with van der Waals surface area (Å²) in [5.41, 5.74) is -1.08. The molecular weight excluding hydrogens is 276 g/mol. The summed E-state index contributed by atoms with van der Waals surface area (Å²) in [6.45, 7) is 1.28. The number of rotatable bonds is 5. The van der Waals surface area contributed by atoms with Crippen molar-refractivity contribution in [2.75, 3.05) is 7.11 Å². The van der Waals surface area contributed by atoms with Gasteiger partial charge < -0.3 is 9.84 Å². The first-order valence-corrected chi connectivity index (χ1v) is 6.13. The fraction of sp³-hybridized carbons (Fsp3) is 0.308. The Bertz CT molecular complexity index is 655. The lowest BCUT2D eigenvalue weighted by molar-refractivity contribution is -0.165. The van der Waals surface area contributed by atoms with Crippen molar-refractivity contribution in [3.8, 4) is 5.69 Å². The van der Waals surface area contributed by atoms with E-state index >= 15 is 0 Å². The van der Waals surface area contributed by atoms with Crippen LogP contribution in [0.4, 0.5) is 0 Å². The lowest BCUT2D eigenvalue weighted by Crippen LogP contribution is -2.40.